The number of nitrogens with zero attached hydrogens (tertiary/aromatic N) is 2. The molecule has 0 spiro atoms. The molecule has 9 nitrogen and oxygen atoms in total. The first-order valence-electron chi connectivity index (χ1n) is 14.6. The standard InChI is InChI=1S/C33H27N3O6S2/c1-16-5-4-6-17(13-16)15-42-23-8-3-2-7-20(23)24-25-21-14-22(28(25)43-30-29(24)44-33(39)34-30)27-26(21)31(37)35(32(27)38)18-9-11-19(12-10-18)36(40)41/h2-13,21-22,24-28H,14-15H2,1H3,(H,34,39)/t21?,22?,24-,25?,26?,27?,28?/m1/s1. The summed E-state index contributed by atoms with van der Waals surface area (Å²) < 4.78 is 6.44. The molecule has 222 valence electrons. The number of nitrogens with one attached hydrogen (secondary N) is 1. The summed E-state index contributed by atoms with van der Waals surface area (Å²) >= 11 is 2.86. The number of H-pyrrole nitrogens is 1. The van der Waals surface area contributed by atoms with Gasteiger partial charge in [0.2, 0.25) is 11.8 Å². The Morgan fingerprint density at radius 1 is 0.977 bits per heavy atom. The number of aryl methyl sites for hydroxylation is 1. The van der Waals surface area contributed by atoms with E-state index in [1.165, 1.54) is 40.5 Å². The highest BCUT2D eigenvalue weighted by atomic mass is 32.2. The first-order chi connectivity index (χ1) is 21.3. The number of hydrogen-bond acceptors (Lipinski definition) is 8. The van der Waals surface area contributed by atoms with Crippen LogP contribution in [0.15, 0.2) is 82.6 Å². The third-order valence-corrected chi connectivity index (χ3v) is 12.4. The minimum absolute atomic E-state index is 0.0288. The zero-order valence-corrected chi connectivity index (χ0v) is 25.2. The maximum atomic E-state index is 14.0. The molecular weight excluding hydrogens is 599 g/mol. The number of thiazole rings is 1. The molecule has 2 amide bonds. The molecule has 1 saturated heterocycles. The van der Waals surface area contributed by atoms with Gasteiger partial charge in [-0.05, 0) is 54.9 Å². The number of imide groups is 1. The summed E-state index contributed by atoms with van der Waals surface area (Å²) in [5.74, 6) is -0.854. The number of amides is 2. The lowest BCUT2D eigenvalue weighted by molar-refractivity contribution is -0.384. The fourth-order valence-electron chi connectivity index (χ4n) is 8.17. The number of ether oxygens (including phenoxy) is 1. The van der Waals surface area contributed by atoms with Crippen molar-refractivity contribution in [1.29, 1.82) is 0 Å². The van der Waals surface area contributed by atoms with Crippen LogP contribution in [0.1, 0.15) is 33.9 Å². The van der Waals surface area contributed by atoms with Crippen molar-refractivity contribution in [2.75, 3.05) is 4.90 Å². The highest BCUT2D eigenvalue weighted by molar-refractivity contribution is 8.00. The minimum atomic E-state index is -0.500. The van der Waals surface area contributed by atoms with Gasteiger partial charge in [0.1, 0.15) is 12.4 Å². The molecule has 4 aliphatic rings. The molecule has 6 unspecified atom stereocenters. The fraction of sp³-hybridized carbons (Fsp3) is 0.303. The number of nitro benzene ring substituents is 1. The van der Waals surface area contributed by atoms with Crippen molar-refractivity contribution in [3.63, 3.8) is 0 Å². The quantitative estimate of drug-likeness (QED) is 0.161. The van der Waals surface area contributed by atoms with E-state index in [1.54, 1.807) is 11.8 Å². The molecular formula is C33H27N3O6S2. The second kappa shape index (κ2) is 10.2. The molecule has 3 fully saturated rings. The Hall–Kier alpha value is -4.22. The predicted molar refractivity (Wildman–Crippen MR) is 166 cm³/mol. The van der Waals surface area contributed by atoms with Gasteiger partial charge in [0.25, 0.3) is 5.69 Å². The summed E-state index contributed by atoms with van der Waals surface area (Å²) in [5.41, 5.74) is 3.48. The van der Waals surface area contributed by atoms with E-state index < -0.39 is 16.8 Å². The van der Waals surface area contributed by atoms with Gasteiger partial charge in [-0.1, -0.05) is 59.4 Å². The van der Waals surface area contributed by atoms with E-state index in [-0.39, 0.29) is 51.3 Å². The fourth-order valence-corrected chi connectivity index (χ4v) is 11.1. The predicted octanol–water partition coefficient (Wildman–Crippen LogP) is 5.91. The topological polar surface area (TPSA) is 123 Å². The van der Waals surface area contributed by atoms with Gasteiger partial charge in [0.15, 0.2) is 0 Å². The summed E-state index contributed by atoms with van der Waals surface area (Å²) in [6.45, 7) is 2.45. The molecule has 3 aromatic carbocycles. The highest BCUT2D eigenvalue weighted by Crippen LogP contribution is 2.69. The third-order valence-electron chi connectivity index (χ3n) is 9.77. The zero-order chi connectivity index (χ0) is 30.3. The number of hydrogen-bond donors (Lipinski definition) is 1. The van der Waals surface area contributed by atoms with E-state index in [9.17, 15) is 24.5 Å². The number of aromatic nitrogens is 1. The summed E-state index contributed by atoms with van der Waals surface area (Å²) in [7, 11) is 0. The molecule has 3 heterocycles. The van der Waals surface area contributed by atoms with Crippen LogP contribution in [-0.4, -0.2) is 27.0 Å². The van der Waals surface area contributed by atoms with Crippen LogP contribution in [-0.2, 0) is 16.2 Å². The Labute approximate surface area is 260 Å². The summed E-state index contributed by atoms with van der Waals surface area (Å²) in [6, 6.07) is 21.8. The molecule has 2 aliphatic carbocycles. The Balaban J connectivity index is 1.17. The van der Waals surface area contributed by atoms with Crippen LogP contribution >= 0.6 is 23.1 Å². The maximum Gasteiger partial charge on any atom is 0.305 e. The van der Waals surface area contributed by atoms with Gasteiger partial charge in [0.05, 0.1) is 27.5 Å². The molecule has 7 atom stereocenters. The van der Waals surface area contributed by atoms with E-state index in [2.05, 4.69) is 17.1 Å². The van der Waals surface area contributed by atoms with Crippen molar-refractivity contribution in [3.05, 3.63) is 114 Å². The number of thioether (sulfide) groups is 1. The zero-order valence-electron chi connectivity index (χ0n) is 23.5. The van der Waals surface area contributed by atoms with Gasteiger partial charge in [0, 0.05) is 33.7 Å². The SMILES string of the molecule is Cc1cccc(COc2ccccc2[C@H]2c3sc(=O)[nH]c3SC3C4CC(C5C(=O)N(c6ccc([N+](=O)[O-])cc6)C(=O)C45)C32)c1. The lowest BCUT2D eigenvalue weighted by atomic mass is 9.68. The van der Waals surface area contributed by atoms with Crippen molar-refractivity contribution < 1.29 is 19.2 Å². The van der Waals surface area contributed by atoms with Crippen LogP contribution < -0.4 is 14.5 Å². The lowest BCUT2D eigenvalue weighted by Crippen LogP contribution is -2.42. The van der Waals surface area contributed by atoms with Crippen molar-refractivity contribution >= 4 is 46.3 Å². The summed E-state index contributed by atoms with van der Waals surface area (Å²) in [4.78, 5) is 56.4. The first kappa shape index (κ1) is 27.3. The van der Waals surface area contributed by atoms with Crippen LogP contribution in [0.4, 0.5) is 11.4 Å². The molecule has 2 aliphatic heterocycles. The molecule has 2 saturated carbocycles. The molecule has 2 bridgehead atoms. The Bertz CT molecular complexity index is 1900. The number of carbonyl (C=O) groups excluding carboxylic acids is 2. The molecule has 1 N–H and O–H groups in total. The van der Waals surface area contributed by atoms with Crippen molar-refractivity contribution in [2.45, 2.75) is 36.1 Å². The third kappa shape index (κ3) is 4.09. The number of para-hydroxylation sites is 1. The van der Waals surface area contributed by atoms with Gasteiger partial charge < -0.3 is 9.72 Å². The molecule has 4 aromatic rings. The average molecular weight is 626 g/mol. The van der Waals surface area contributed by atoms with Crippen molar-refractivity contribution in [2.24, 2.45) is 29.6 Å². The van der Waals surface area contributed by atoms with Crippen molar-refractivity contribution in [3.8, 4) is 5.75 Å². The Morgan fingerprint density at radius 3 is 2.48 bits per heavy atom. The van der Waals surface area contributed by atoms with Crippen LogP contribution in [0, 0.1) is 46.6 Å². The molecule has 44 heavy (non-hydrogen) atoms. The minimum Gasteiger partial charge on any atom is -0.489 e. The molecule has 1 aromatic heterocycles. The van der Waals surface area contributed by atoms with E-state index in [0.29, 0.717) is 12.3 Å². The number of non-ortho nitro benzene ring substituents is 1. The van der Waals surface area contributed by atoms with Crippen LogP contribution in [0.3, 0.4) is 0 Å². The first-order valence-corrected chi connectivity index (χ1v) is 16.3. The largest absolute Gasteiger partial charge is 0.489 e. The van der Waals surface area contributed by atoms with E-state index in [4.69, 9.17) is 4.74 Å². The number of rotatable bonds is 6. The highest BCUT2D eigenvalue weighted by Gasteiger charge is 2.69. The summed E-state index contributed by atoms with van der Waals surface area (Å²) in [6.07, 6.45) is 0.769. The smallest absolute Gasteiger partial charge is 0.305 e. The van der Waals surface area contributed by atoms with E-state index >= 15 is 0 Å². The number of aromatic amines is 1. The lowest BCUT2D eigenvalue weighted by Gasteiger charge is -2.43. The van der Waals surface area contributed by atoms with Crippen molar-refractivity contribution in [1.82, 2.24) is 4.98 Å². The monoisotopic (exact) mass is 625 g/mol. The van der Waals surface area contributed by atoms with E-state index in [0.717, 1.165) is 38.8 Å². The van der Waals surface area contributed by atoms with Gasteiger partial charge in [-0.25, -0.2) is 0 Å². The Morgan fingerprint density at radius 2 is 1.73 bits per heavy atom. The second-order valence-electron chi connectivity index (χ2n) is 12.1. The molecule has 11 heteroatoms. The number of benzene rings is 3. The maximum absolute atomic E-state index is 14.0. The van der Waals surface area contributed by atoms with Crippen LogP contribution in [0.5, 0.6) is 5.75 Å². The van der Waals surface area contributed by atoms with Gasteiger partial charge in [-0.3, -0.25) is 29.4 Å². The summed E-state index contributed by atoms with van der Waals surface area (Å²) in [5, 5.41) is 12.1. The molecule has 8 rings (SSSR count). The Kier molecular flexibility index (Phi) is 6.32. The molecule has 0 radical (unpaired) electrons. The van der Waals surface area contributed by atoms with Crippen LogP contribution in [0.25, 0.3) is 0 Å². The normalized spacial score (nSPS) is 28.1. The van der Waals surface area contributed by atoms with Crippen LogP contribution in [0.2, 0.25) is 0 Å². The van der Waals surface area contributed by atoms with Gasteiger partial charge in [-0.15, -0.1) is 11.8 Å². The van der Waals surface area contributed by atoms with Gasteiger partial charge in [-0.2, -0.15) is 0 Å². The number of carbonyl (C=O) groups is 2. The van der Waals surface area contributed by atoms with E-state index in [1.807, 2.05) is 43.3 Å². The second-order valence-corrected chi connectivity index (χ2v) is 14.3. The van der Waals surface area contributed by atoms with Gasteiger partial charge >= 0.3 is 4.87 Å². The average Bonchev–Trinajstić information content (AvgIpc) is 3.75. The number of fused-ring (bicyclic) bond motifs is 9. The number of anilines is 1. The number of nitro groups is 1.